The summed E-state index contributed by atoms with van der Waals surface area (Å²) < 4.78 is 20.5. The second-order valence-electron chi connectivity index (χ2n) is 7.59. The molecule has 0 saturated carbocycles. The summed E-state index contributed by atoms with van der Waals surface area (Å²) in [6.45, 7) is 0. The zero-order valence-electron chi connectivity index (χ0n) is 15.3. The zero-order valence-corrected chi connectivity index (χ0v) is 15.3. The van der Waals surface area contributed by atoms with E-state index in [1.807, 2.05) is 12.1 Å². The van der Waals surface area contributed by atoms with E-state index in [0.717, 1.165) is 30.0 Å². The summed E-state index contributed by atoms with van der Waals surface area (Å²) in [5, 5.41) is 23.8. The summed E-state index contributed by atoms with van der Waals surface area (Å²) in [6.07, 6.45) is 5.47. The van der Waals surface area contributed by atoms with Gasteiger partial charge in [0.05, 0.1) is 5.69 Å². The molecule has 2 aliphatic heterocycles. The maximum absolute atomic E-state index is 14.7. The van der Waals surface area contributed by atoms with Crippen molar-refractivity contribution in [3.63, 3.8) is 0 Å². The average molecular weight is 380 g/mol. The van der Waals surface area contributed by atoms with Crippen molar-refractivity contribution in [2.75, 3.05) is 0 Å². The van der Waals surface area contributed by atoms with Gasteiger partial charge in [0.15, 0.2) is 6.17 Å². The molecule has 0 amide bonds. The molecule has 144 valence electrons. The lowest BCUT2D eigenvalue weighted by Gasteiger charge is -2.42. The molecular weight excluding hydrogens is 359 g/mol. The van der Waals surface area contributed by atoms with Crippen LogP contribution in [0, 0.1) is 0 Å². The predicted molar refractivity (Wildman–Crippen MR) is 103 cm³/mol. The van der Waals surface area contributed by atoms with Gasteiger partial charge in [-0.2, -0.15) is 0 Å². The monoisotopic (exact) mass is 380 g/mol. The second kappa shape index (κ2) is 6.98. The number of hydrogen-bond donors (Lipinski definition) is 2. The predicted octanol–water partition coefficient (Wildman–Crippen LogP) is 3.40. The second-order valence-corrected chi connectivity index (χ2v) is 7.59. The molecule has 6 nitrogen and oxygen atoms in total. The molecule has 0 spiro atoms. The van der Waals surface area contributed by atoms with E-state index in [4.69, 9.17) is 4.74 Å². The van der Waals surface area contributed by atoms with Gasteiger partial charge in [0, 0.05) is 47.9 Å². The van der Waals surface area contributed by atoms with Gasteiger partial charge in [-0.1, -0.05) is 6.42 Å². The van der Waals surface area contributed by atoms with Crippen LogP contribution in [0.4, 0.5) is 4.39 Å². The van der Waals surface area contributed by atoms with E-state index in [0.29, 0.717) is 29.6 Å². The summed E-state index contributed by atoms with van der Waals surface area (Å²) in [5.74, 6) is 0.426. The summed E-state index contributed by atoms with van der Waals surface area (Å²) in [4.78, 5) is 4.11. The van der Waals surface area contributed by atoms with Crippen molar-refractivity contribution in [1.29, 1.82) is 0 Å². The van der Waals surface area contributed by atoms with E-state index < -0.39 is 12.3 Å². The van der Waals surface area contributed by atoms with E-state index in [1.165, 1.54) is 0 Å². The third-order valence-electron chi connectivity index (χ3n) is 5.72. The number of aromatic hydroxyl groups is 1. The van der Waals surface area contributed by atoms with Crippen LogP contribution in [0.15, 0.2) is 42.7 Å². The van der Waals surface area contributed by atoms with Crippen LogP contribution in [0.25, 0.3) is 22.0 Å². The molecule has 2 fully saturated rings. The Balaban J connectivity index is 1.37. The Morgan fingerprint density at radius 1 is 1.11 bits per heavy atom. The van der Waals surface area contributed by atoms with Crippen LogP contribution in [0.3, 0.4) is 0 Å². The van der Waals surface area contributed by atoms with Crippen LogP contribution in [-0.4, -0.2) is 44.6 Å². The third kappa shape index (κ3) is 3.16. The molecule has 2 bridgehead atoms. The maximum atomic E-state index is 14.7. The van der Waals surface area contributed by atoms with Crippen LogP contribution in [0.1, 0.15) is 25.7 Å². The highest BCUT2D eigenvalue weighted by atomic mass is 19.1. The number of rotatable bonds is 3. The molecule has 4 heterocycles. The molecule has 0 radical (unpaired) electrons. The van der Waals surface area contributed by atoms with Gasteiger partial charge in [-0.25, -0.2) is 4.39 Å². The Morgan fingerprint density at radius 2 is 2.04 bits per heavy atom. The van der Waals surface area contributed by atoms with Gasteiger partial charge < -0.3 is 15.2 Å². The number of alkyl halides is 1. The van der Waals surface area contributed by atoms with E-state index >= 15 is 0 Å². The fourth-order valence-corrected chi connectivity index (χ4v) is 4.28. The average Bonchev–Trinajstić information content (AvgIpc) is 2.72. The van der Waals surface area contributed by atoms with Crippen LogP contribution in [-0.2, 0) is 0 Å². The van der Waals surface area contributed by atoms with Gasteiger partial charge in [0.1, 0.15) is 11.9 Å². The minimum Gasteiger partial charge on any atom is -0.507 e. The van der Waals surface area contributed by atoms with E-state index in [9.17, 15) is 9.50 Å². The topological polar surface area (TPSA) is 80.2 Å². The van der Waals surface area contributed by atoms with Crippen molar-refractivity contribution < 1.29 is 14.2 Å². The quantitative estimate of drug-likeness (QED) is 0.725. The minimum atomic E-state index is -1.05. The first-order valence-corrected chi connectivity index (χ1v) is 9.65. The molecule has 0 unspecified atom stereocenters. The highest BCUT2D eigenvalue weighted by Crippen LogP contribution is 2.33. The van der Waals surface area contributed by atoms with Gasteiger partial charge >= 0.3 is 0 Å². The Hall–Kier alpha value is -2.80. The Labute approximate surface area is 161 Å². The number of nitrogens with one attached hydrogen (secondary N) is 1. The number of phenolic OH excluding ortho intramolecular Hbond substituents is 1. The number of ether oxygens (including phenoxy) is 1. The molecule has 1 aromatic carbocycles. The van der Waals surface area contributed by atoms with Crippen LogP contribution in [0.5, 0.6) is 11.6 Å². The number of benzene rings is 1. The first kappa shape index (κ1) is 17.3. The molecule has 7 heteroatoms. The smallest absolute Gasteiger partial charge is 0.233 e. The number of fused-ring (bicyclic) bond motifs is 3. The molecule has 28 heavy (non-hydrogen) atoms. The molecule has 4 atom stereocenters. The number of piperidine rings is 2. The number of halogens is 1. The van der Waals surface area contributed by atoms with Crippen LogP contribution in [0.2, 0.25) is 0 Å². The van der Waals surface area contributed by atoms with Gasteiger partial charge in [-0.05, 0) is 42.5 Å². The Bertz CT molecular complexity index is 997. The minimum absolute atomic E-state index is 0.122. The first-order valence-electron chi connectivity index (χ1n) is 9.65. The standard InChI is InChI=1S/C21H21FN4O2/c22-21-17-3-1-2-14(24-17)10-19(21)28-20-5-4-16(25-26-20)15-8-13-11-23-7-6-12(13)9-18(15)27/h4-9,11,14,17,19,21,24,27H,1-3,10H2/t14-,17+,19-,21+/m0/s1. The zero-order chi connectivity index (χ0) is 19.1. The summed E-state index contributed by atoms with van der Waals surface area (Å²) >= 11 is 0. The van der Waals surface area contributed by atoms with Crippen molar-refractivity contribution in [2.24, 2.45) is 0 Å². The molecule has 2 aliphatic rings. The molecular formula is C21H21FN4O2. The number of nitrogens with zero attached hydrogens (tertiary/aromatic N) is 3. The number of hydrogen-bond acceptors (Lipinski definition) is 6. The van der Waals surface area contributed by atoms with Crippen molar-refractivity contribution in [3.05, 3.63) is 42.7 Å². The van der Waals surface area contributed by atoms with Crippen LogP contribution >= 0.6 is 0 Å². The Kier molecular flexibility index (Phi) is 4.31. The lowest BCUT2D eigenvalue weighted by atomic mass is 9.84. The molecule has 2 aromatic heterocycles. The number of phenols is 1. The summed E-state index contributed by atoms with van der Waals surface area (Å²) in [5.41, 5.74) is 1.09. The van der Waals surface area contributed by atoms with E-state index in [2.05, 4.69) is 20.5 Å². The normalized spacial score (nSPS) is 26.9. The van der Waals surface area contributed by atoms with Gasteiger partial charge in [-0.3, -0.25) is 4.98 Å². The molecule has 3 aromatic rings. The third-order valence-corrected chi connectivity index (χ3v) is 5.72. The fraction of sp³-hybridized carbons (Fsp3) is 0.381. The van der Waals surface area contributed by atoms with E-state index in [1.54, 1.807) is 30.6 Å². The van der Waals surface area contributed by atoms with Gasteiger partial charge in [-0.15, -0.1) is 10.2 Å². The van der Waals surface area contributed by atoms with Crippen molar-refractivity contribution in [3.8, 4) is 22.9 Å². The summed E-state index contributed by atoms with van der Waals surface area (Å²) in [6, 6.07) is 8.94. The van der Waals surface area contributed by atoms with Gasteiger partial charge in [0.2, 0.25) is 5.88 Å². The largest absolute Gasteiger partial charge is 0.507 e. The highest BCUT2D eigenvalue weighted by Gasteiger charge is 2.41. The SMILES string of the molecule is Oc1cc2ccncc2cc1-c1ccc(O[C@H]2C[C@@H]3CCC[C@@H](N3)[C@H]2F)nn1. The molecule has 2 saturated heterocycles. The fourth-order valence-electron chi connectivity index (χ4n) is 4.28. The van der Waals surface area contributed by atoms with Gasteiger partial charge in [0.25, 0.3) is 0 Å². The maximum Gasteiger partial charge on any atom is 0.233 e. The number of pyridine rings is 1. The lowest BCUT2D eigenvalue weighted by Crippen LogP contribution is -2.59. The van der Waals surface area contributed by atoms with Crippen molar-refractivity contribution in [1.82, 2.24) is 20.5 Å². The lowest BCUT2D eigenvalue weighted by molar-refractivity contribution is 0.00652. The molecule has 2 N–H and O–H groups in total. The number of aromatic nitrogens is 3. The van der Waals surface area contributed by atoms with E-state index in [-0.39, 0.29) is 11.8 Å². The highest BCUT2D eigenvalue weighted by molar-refractivity contribution is 5.89. The molecule has 5 rings (SSSR count). The van der Waals surface area contributed by atoms with Crippen LogP contribution < -0.4 is 10.1 Å². The molecule has 0 aliphatic carbocycles. The Morgan fingerprint density at radius 3 is 2.89 bits per heavy atom. The van der Waals surface area contributed by atoms with Crippen molar-refractivity contribution >= 4 is 10.8 Å². The summed E-state index contributed by atoms with van der Waals surface area (Å²) in [7, 11) is 0. The van der Waals surface area contributed by atoms with Crippen molar-refractivity contribution in [2.45, 2.75) is 50.0 Å². The first-order chi connectivity index (χ1) is 13.7.